The smallest absolute Gasteiger partial charge is 0.224 e. The molecule has 0 unspecified atom stereocenters. The summed E-state index contributed by atoms with van der Waals surface area (Å²) in [6.07, 6.45) is 2.59. The van der Waals surface area contributed by atoms with E-state index in [1.807, 2.05) is 22.8 Å². The molecule has 0 amide bonds. The van der Waals surface area contributed by atoms with Crippen molar-refractivity contribution in [3.05, 3.63) is 47.5 Å². The van der Waals surface area contributed by atoms with Gasteiger partial charge in [0, 0.05) is 6.54 Å². The maximum Gasteiger partial charge on any atom is 0.224 e. The zero-order chi connectivity index (χ0) is 9.80. The van der Waals surface area contributed by atoms with Gasteiger partial charge in [0.2, 0.25) is 5.28 Å². The summed E-state index contributed by atoms with van der Waals surface area (Å²) in [5, 5.41) is 7.87. The van der Waals surface area contributed by atoms with Gasteiger partial charge in [-0.1, -0.05) is 30.3 Å². The second-order valence-electron chi connectivity index (χ2n) is 3.03. The van der Waals surface area contributed by atoms with Crippen LogP contribution in [-0.4, -0.2) is 14.8 Å². The lowest BCUT2D eigenvalue weighted by molar-refractivity contribution is 0.694. The fourth-order valence-corrected chi connectivity index (χ4v) is 1.46. The number of nitrogens with zero attached hydrogens (tertiary/aromatic N) is 3. The predicted molar refractivity (Wildman–Crippen MR) is 55.2 cm³/mol. The van der Waals surface area contributed by atoms with Crippen molar-refractivity contribution in [2.24, 2.45) is 0 Å². The van der Waals surface area contributed by atoms with Crippen LogP contribution in [0.1, 0.15) is 5.56 Å². The van der Waals surface area contributed by atoms with Crippen LogP contribution in [0.4, 0.5) is 0 Å². The van der Waals surface area contributed by atoms with Crippen molar-refractivity contribution < 1.29 is 0 Å². The van der Waals surface area contributed by atoms with Crippen LogP contribution in [0.25, 0.3) is 0 Å². The van der Waals surface area contributed by atoms with Crippen LogP contribution >= 0.6 is 11.6 Å². The molecule has 2 rings (SSSR count). The molecule has 0 spiro atoms. The molecule has 0 aliphatic carbocycles. The van der Waals surface area contributed by atoms with Crippen molar-refractivity contribution >= 4 is 11.6 Å². The van der Waals surface area contributed by atoms with Gasteiger partial charge in [-0.05, 0) is 23.6 Å². The topological polar surface area (TPSA) is 30.7 Å². The number of hydrogen-bond acceptors (Lipinski definition) is 2. The zero-order valence-corrected chi connectivity index (χ0v) is 8.35. The van der Waals surface area contributed by atoms with Gasteiger partial charge in [-0.15, -0.1) is 10.2 Å². The van der Waals surface area contributed by atoms with Crippen LogP contribution in [0, 0.1) is 0 Å². The van der Waals surface area contributed by atoms with Gasteiger partial charge in [-0.2, -0.15) is 0 Å². The van der Waals surface area contributed by atoms with E-state index in [1.165, 1.54) is 5.56 Å². The molecule has 1 heterocycles. The molecular formula is C10H10ClN3. The summed E-state index contributed by atoms with van der Waals surface area (Å²) < 4.78 is 1.83. The van der Waals surface area contributed by atoms with Crippen LogP contribution in [0.5, 0.6) is 0 Å². The summed E-state index contributed by atoms with van der Waals surface area (Å²) in [5.41, 5.74) is 1.29. The van der Waals surface area contributed by atoms with Crippen LogP contribution in [0.2, 0.25) is 5.28 Å². The van der Waals surface area contributed by atoms with Gasteiger partial charge in [0.25, 0.3) is 0 Å². The van der Waals surface area contributed by atoms with Gasteiger partial charge >= 0.3 is 0 Å². The third kappa shape index (κ3) is 2.12. The Kier molecular flexibility index (Phi) is 2.79. The minimum atomic E-state index is 0.445. The molecule has 0 saturated heterocycles. The number of aryl methyl sites for hydroxylation is 2. The SMILES string of the molecule is Clc1nncn1CCc1ccccc1. The highest BCUT2D eigenvalue weighted by atomic mass is 35.5. The number of rotatable bonds is 3. The largest absolute Gasteiger partial charge is 0.304 e. The minimum absolute atomic E-state index is 0.445. The van der Waals surface area contributed by atoms with Crippen molar-refractivity contribution in [3.63, 3.8) is 0 Å². The number of benzene rings is 1. The third-order valence-corrected chi connectivity index (χ3v) is 2.35. The molecule has 2 aromatic rings. The Bertz CT molecular complexity index is 397. The van der Waals surface area contributed by atoms with E-state index in [0.717, 1.165) is 13.0 Å². The molecule has 0 radical (unpaired) electrons. The highest BCUT2D eigenvalue weighted by Crippen LogP contribution is 2.06. The third-order valence-electron chi connectivity index (χ3n) is 2.05. The summed E-state index contributed by atoms with van der Waals surface area (Å²) in [7, 11) is 0. The monoisotopic (exact) mass is 207 g/mol. The van der Waals surface area contributed by atoms with Gasteiger partial charge in [-0.3, -0.25) is 0 Å². The standard InChI is InChI=1S/C10H10ClN3/c11-10-13-12-8-14(10)7-6-9-4-2-1-3-5-9/h1-5,8H,6-7H2. The fraction of sp³-hybridized carbons (Fsp3) is 0.200. The van der Waals surface area contributed by atoms with E-state index in [-0.39, 0.29) is 0 Å². The maximum atomic E-state index is 5.80. The van der Waals surface area contributed by atoms with Gasteiger partial charge in [0.1, 0.15) is 6.33 Å². The van der Waals surface area contributed by atoms with Crippen LogP contribution in [0.3, 0.4) is 0 Å². The molecule has 3 nitrogen and oxygen atoms in total. The second-order valence-corrected chi connectivity index (χ2v) is 3.37. The normalized spacial score (nSPS) is 10.4. The lowest BCUT2D eigenvalue weighted by Crippen LogP contribution is -1.99. The summed E-state index contributed by atoms with van der Waals surface area (Å²) in [6, 6.07) is 10.3. The molecule has 1 aromatic heterocycles. The van der Waals surface area contributed by atoms with Crippen molar-refractivity contribution in [2.45, 2.75) is 13.0 Å². The van der Waals surface area contributed by atoms with Crippen LogP contribution in [-0.2, 0) is 13.0 Å². The van der Waals surface area contributed by atoms with E-state index < -0.39 is 0 Å². The van der Waals surface area contributed by atoms with Crippen molar-refractivity contribution in [2.75, 3.05) is 0 Å². The Balaban J connectivity index is 1.99. The first-order valence-electron chi connectivity index (χ1n) is 4.43. The van der Waals surface area contributed by atoms with Gasteiger partial charge < -0.3 is 4.57 Å². The van der Waals surface area contributed by atoms with E-state index in [4.69, 9.17) is 11.6 Å². The van der Waals surface area contributed by atoms with Crippen LogP contribution < -0.4 is 0 Å². The first kappa shape index (κ1) is 9.21. The summed E-state index contributed by atoms with van der Waals surface area (Å²) in [4.78, 5) is 0. The molecule has 0 aliphatic rings. The summed E-state index contributed by atoms with van der Waals surface area (Å²) in [6.45, 7) is 0.815. The van der Waals surface area contributed by atoms with E-state index >= 15 is 0 Å². The van der Waals surface area contributed by atoms with Crippen molar-refractivity contribution in [1.82, 2.24) is 14.8 Å². The second kappa shape index (κ2) is 4.24. The average molecular weight is 208 g/mol. The summed E-state index contributed by atoms with van der Waals surface area (Å²) in [5.74, 6) is 0. The van der Waals surface area contributed by atoms with E-state index in [2.05, 4.69) is 22.3 Å². The Hall–Kier alpha value is -1.35. The average Bonchev–Trinajstić information content (AvgIpc) is 2.63. The van der Waals surface area contributed by atoms with Crippen LogP contribution in [0.15, 0.2) is 36.7 Å². The molecule has 0 fully saturated rings. The van der Waals surface area contributed by atoms with E-state index in [1.54, 1.807) is 6.33 Å². The highest BCUT2D eigenvalue weighted by Gasteiger charge is 1.99. The lowest BCUT2D eigenvalue weighted by atomic mass is 10.1. The zero-order valence-electron chi connectivity index (χ0n) is 7.60. The maximum absolute atomic E-state index is 5.80. The molecule has 72 valence electrons. The molecule has 4 heteroatoms. The minimum Gasteiger partial charge on any atom is -0.304 e. The first-order chi connectivity index (χ1) is 6.86. The van der Waals surface area contributed by atoms with Crippen molar-refractivity contribution in [3.8, 4) is 0 Å². The number of hydrogen-bond donors (Lipinski definition) is 0. The molecule has 0 saturated carbocycles. The summed E-state index contributed by atoms with van der Waals surface area (Å²) >= 11 is 5.80. The quantitative estimate of drug-likeness (QED) is 0.773. The van der Waals surface area contributed by atoms with E-state index in [9.17, 15) is 0 Å². The number of aromatic nitrogens is 3. The number of halogens is 1. The highest BCUT2D eigenvalue weighted by molar-refractivity contribution is 6.28. The Morgan fingerprint density at radius 3 is 2.64 bits per heavy atom. The molecule has 0 aliphatic heterocycles. The van der Waals surface area contributed by atoms with E-state index in [0.29, 0.717) is 5.28 Å². The van der Waals surface area contributed by atoms with Gasteiger partial charge in [0.05, 0.1) is 0 Å². The Morgan fingerprint density at radius 1 is 1.21 bits per heavy atom. The van der Waals surface area contributed by atoms with Gasteiger partial charge in [0.15, 0.2) is 0 Å². The molecular weight excluding hydrogens is 198 g/mol. The molecule has 1 aromatic carbocycles. The molecule has 14 heavy (non-hydrogen) atoms. The molecule has 0 atom stereocenters. The van der Waals surface area contributed by atoms with Crippen molar-refractivity contribution in [1.29, 1.82) is 0 Å². The molecule has 0 bridgehead atoms. The Morgan fingerprint density at radius 2 is 2.00 bits per heavy atom. The first-order valence-corrected chi connectivity index (χ1v) is 4.81. The fourth-order valence-electron chi connectivity index (χ4n) is 1.29. The lowest BCUT2D eigenvalue weighted by Gasteiger charge is -2.02. The van der Waals surface area contributed by atoms with Gasteiger partial charge in [-0.25, -0.2) is 0 Å². The Labute approximate surface area is 87.3 Å². The molecule has 0 N–H and O–H groups in total. The predicted octanol–water partition coefficient (Wildman–Crippen LogP) is 2.17.